The fourth-order valence-corrected chi connectivity index (χ4v) is 5.15. The maximum atomic E-state index is 11.1. The number of nitrogens with two attached hydrogens (primary N) is 2. The Hall–Kier alpha value is -3.64. The van der Waals surface area contributed by atoms with Crippen LogP contribution < -0.4 is 11.5 Å². The van der Waals surface area contributed by atoms with Crippen molar-refractivity contribution >= 4 is 33.8 Å². The lowest BCUT2D eigenvalue weighted by Gasteiger charge is -2.37. The minimum absolute atomic E-state index is 0.00000890. The Morgan fingerprint density at radius 2 is 1.97 bits per heavy atom. The van der Waals surface area contributed by atoms with Gasteiger partial charge in [-0.1, -0.05) is 30.3 Å². The third-order valence-electron chi connectivity index (χ3n) is 6.86. The first-order chi connectivity index (χ1) is 16.5. The maximum Gasteiger partial charge on any atom is 0.264 e. The summed E-state index contributed by atoms with van der Waals surface area (Å²) in [6.07, 6.45) is 8.66. The Labute approximate surface area is 200 Å². The first-order valence-electron chi connectivity index (χ1n) is 11.9. The third kappa shape index (κ3) is 4.68. The van der Waals surface area contributed by atoms with E-state index in [2.05, 4.69) is 63.1 Å². The minimum atomic E-state index is -0.647. The first kappa shape index (κ1) is 22.2. The van der Waals surface area contributed by atoms with Crippen LogP contribution in [-0.4, -0.2) is 40.7 Å². The van der Waals surface area contributed by atoms with Crippen LogP contribution in [0.15, 0.2) is 77.6 Å². The van der Waals surface area contributed by atoms with Gasteiger partial charge in [0, 0.05) is 42.4 Å². The molecule has 2 atom stereocenters. The number of fused-ring (bicyclic) bond motifs is 3. The molecule has 4 N–H and O–H groups in total. The number of piperidine rings is 1. The summed E-state index contributed by atoms with van der Waals surface area (Å²) < 4.78 is 2.26. The van der Waals surface area contributed by atoms with Crippen LogP contribution in [0.4, 0.5) is 5.69 Å². The van der Waals surface area contributed by atoms with Gasteiger partial charge in [0.2, 0.25) is 0 Å². The highest BCUT2D eigenvalue weighted by molar-refractivity contribution is 6.03. The smallest absolute Gasteiger partial charge is 0.264 e. The van der Waals surface area contributed by atoms with E-state index in [1.54, 1.807) is 6.92 Å². The lowest BCUT2D eigenvalue weighted by molar-refractivity contribution is -0.114. The average molecular weight is 454 g/mol. The molecule has 1 amide bonds. The lowest BCUT2D eigenvalue weighted by atomic mass is 9.83. The van der Waals surface area contributed by atoms with Crippen molar-refractivity contribution in [3.63, 3.8) is 0 Å². The average Bonchev–Trinajstić information content (AvgIpc) is 3.22. The van der Waals surface area contributed by atoms with Gasteiger partial charge in [-0.05, 0) is 79.3 Å². The quantitative estimate of drug-likeness (QED) is 0.433. The van der Waals surface area contributed by atoms with E-state index in [0.29, 0.717) is 11.6 Å². The molecule has 34 heavy (non-hydrogen) atoms. The molecule has 1 saturated heterocycles. The number of aromatic nitrogens is 1. The largest absolute Gasteiger partial charge is 0.394 e. The number of hydrogen-bond donors (Lipinski definition) is 2. The van der Waals surface area contributed by atoms with Crippen molar-refractivity contribution in [1.29, 1.82) is 0 Å². The number of carbonyl (C=O) groups excluding carboxylic acids is 1. The van der Waals surface area contributed by atoms with Gasteiger partial charge in [0.25, 0.3) is 5.91 Å². The Morgan fingerprint density at radius 1 is 1.15 bits per heavy atom. The number of primary amides is 1. The van der Waals surface area contributed by atoms with Gasteiger partial charge in [0.15, 0.2) is 0 Å². The van der Waals surface area contributed by atoms with Crippen molar-refractivity contribution < 1.29 is 4.79 Å². The number of aliphatic imine (C=N–C) groups is 1. The number of rotatable bonds is 6. The summed E-state index contributed by atoms with van der Waals surface area (Å²) in [5.41, 5.74) is 17.6. The van der Waals surface area contributed by atoms with E-state index in [1.165, 1.54) is 48.7 Å². The molecule has 6 nitrogen and oxygen atoms in total. The molecule has 3 heterocycles. The minimum Gasteiger partial charge on any atom is -0.394 e. The number of allylic oxidation sites excluding steroid dienone is 1. The van der Waals surface area contributed by atoms with E-state index in [4.69, 9.17) is 11.5 Å². The monoisotopic (exact) mass is 453 g/mol. The van der Waals surface area contributed by atoms with Gasteiger partial charge in [-0.3, -0.25) is 14.7 Å². The van der Waals surface area contributed by atoms with E-state index in [0.717, 1.165) is 29.7 Å². The molecule has 2 unspecified atom stereocenters. The molecule has 0 aliphatic carbocycles. The van der Waals surface area contributed by atoms with Gasteiger partial charge < -0.3 is 16.0 Å². The van der Waals surface area contributed by atoms with E-state index in [1.807, 2.05) is 12.1 Å². The van der Waals surface area contributed by atoms with Crippen LogP contribution in [0.2, 0.25) is 0 Å². The van der Waals surface area contributed by atoms with Gasteiger partial charge in [-0.15, -0.1) is 0 Å². The molecule has 6 heteroatoms. The summed E-state index contributed by atoms with van der Waals surface area (Å²) in [5, 5.41) is 1.12. The molecule has 0 spiro atoms. The highest BCUT2D eigenvalue weighted by Crippen LogP contribution is 2.34. The van der Waals surface area contributed by atoms with Gasteiger partial charge in [0.1, 0.15) is 0 Å². The molecule has 2 aliphatic rings. The third-order valence-corrected chi connectivity index (χ3v) is 6.86. The lowest BCUT2D eigenvalue weighted by Crippen LogP contribution is -2.39. The summed E-state index contributed by atoms with van der Waals surface area (Å²) >= 11 is 0. The summed E-state index contributed by atoms with van der Waals surface area (Å²) in [7, 11) is 0. The molecular weight excluding hydrogens is 422 g/mol. The van der Waals surface area contributed by atoms with Crippen LogP contribution >= 0.6 is 0 Å². The second-order valence-corrected chi connectivity index (χ2v) is 9.36. The van der Waals surface area contributed by atoms with E-state index in [9.17, 15) is 4.79 Å². The number of amides is 1. The molecule has 1 fully saturated rings. The van der Waals surface area contributed by atoms with E-state index >= 15 is 0 Å². The predicted molar refractivity (Wildman–Crippen MR) is 139 cm³/mol. The van der Waals surface area contributed by atoms with Crippen molar-refractivity contribution in [2.75, 3.05) is 19.6 Å². The summed E-state index contributed by atoms with van der Waals surface area (Å²) in [5.74, 6) is 0.0381. The topological polar surface area (TPSA) is 89.6 Å². The maximum absolute atomic E-state index is 11.1. The molecule has 0 radical (unpaired) electrons. The molecule has 3 aromatic rings. The summed E-state index contributed by atoms with van der Waals surface area (Å²) in [4.78, 5) is 18.2. The van der Waals surface area contributed by atoms with Crippen molar-refractivity contribution in [3.8, 4) is 0 Å². The Bertz CT molecular complexity index is 1310. The standard InChI is InChI=1S/C28H31N5O/c1-19(15-26(29)28(30)34)31-24-8-9-27-22(16-24)10-14-33(27)17-20-4-6-21(7-5-20)25-11-13-32-12-2-3-23(25)18-32/h4-11,14-16,23H,2-3,12-13,17-18,29H2,1H3,(H2,30,34). The van der Waals surface area contributed by atoms with Crippen molar-refractivity contribution in [3.05, 3.63) is 83.7 Å². The Kier molecular flexibility index (Phi) is 6.07. The summed E-state index contributed by atoms with van der Waals surface area (Å²) in [6.45, 7) is 6.16. The number of benzene rings is 2. The highest BCUT2D eigenvalue weighted by Gasteiger charge is 2.26. The molecule has 2 aromatic carbocycles. The highest BCUT2D eigenvalue weighted by atomic mass is 16.1. The van der Waals surface area contributed by atoms with Gasteiger partial charge in [-0.25, -0.2) is 0 Å². The molecule has 0 saturated carbocycles. The second-order valence-electron chi connectivity index (χ2n) is 9.36. The Balaban J connectivity index is 1.32. The molecular formula is C28H31N5O. The van der Waals surface area contributed by atoms with Crippen LogP contribution in [0.25, 0.3) is 16.5 Å². The van der Waals surface area contributed by atoms with Crippen molar-refractivity contribution in [2.45, 2.75) is 26.3 Å². The normalized spacial score (nSPS) is 20.9. The van der Waals surface area contributed by atoms with Crippen LogP contribution in [0.5, 0.6) is 0 Å². The predicted octanol–water partition coefficient (Wildman–Crippen LogP) is 4.22. The van der Waals surface area contributed by atoms with Gasteiger partial charge in [-0.2, -0.15) is 0 Å². The second kappa shape index (κ2) is 9.31. The van der Waals surface area contributed by atoms with Crippen molar-refractivity contribution in [1.82, 2.24) is 9.47 Å². The number of hydrogen-bond acceptors (Lipinski definition) is 4. The van der Waals surface area contributed by atoms with E-state index < -0.39 is 5.91 Å². The van der Waals surface area contributed by atoms with E-state index in [-0.39, 0.29) is 5.70 Å². The Morgan fingerprint density at radius 3 is 2.76 bits per heavy atom. The van der Waals surface area contributed by atoms with Crippen LogP contribution in [0.3, 0.4) is 0 Å². The zero-order valence-electron chi connectivity index (χ0n) is 19.6. The van der Waals surface area contributed by atoms with Crippen LogP contribution in [0.1, 0.15) is 30.9 Å². The van der Waals surface area contributed by atoms with Gasteiger partial charge in [0.05, 0.1) is 11.4 Å². The molecule has 174 valence electrons. The van der Waals surface area contributed by atoms with Crippen LogP contribution in [-0.2, 0) is 11.3 Å². The van der Waals surface area contributed by atoms with Gasteiger partial charge >= 0.3 is 0 Å². The zero-order valence-corrected chi connectivity index (χ0v) is 19.6. The SMILES string of the molecule is CC(C=C(N)C(N)=O)=Nc1ccc2c(ccn2Cc2ccc(C3=CCN4CCCC3C4)cc2)c1. The number of carbonyl (C=O) groups is 1. The fourth-order valence-electron chi connectivity index (χ4n) is 5.15. The fraction of sp³-hybridized carbons (Fsp3) is 0.286. The molecule has 2 bridgehead atoms. The zero-order chi connectivity index (χ0) is 23.7. The number of nitrogens with zero attached hydrogens (tertiary/aromatic N) is 3. The molecule has 2 aliphatic heterocycles. The molecule has 5 rings (SSSR count). The first-order valence-corrected chi connectivity index (χ1v) is 11.9. The molecule has 1 aromatic heterocycles. The summed E-state index contributed by atoms with van der Waals surface area (Å²) in [6, 6.07) is 17.3. The van der Waals surface area contributed by atoms with Crippen molar-refractivity contribution in [2.24, 2.45) is 22.4 Å². The van der Waals surface area contributed by atoms with Crippen LogP contribution in [0, 0.1) is 5.92 Å².